The second-order valence-corrected chi connectivity index (χ2v) is 12.8. The average Bonchev–Trinajstić information content (AvgIpc) is 3.51. The number of alkyl halides is 6. The molecule has 2 saturated heterocycles. The van der Waals surface area contributed by atoms with Gasteiger partial charge < -0.3 is 10.6 Å². The van der Waals surface area contributed by atoms with Gasteiger partial charge in [0.05, 0.1) is 26.6 Å². The number of hydrogen-bond donors (Lipinski definition) is 1. The van der Waals surface area contributed by atoms with Crippen LogP contribution in [0.5, 0.6) is 0 Å². The summed E-state index contributed by atoms with van der Waals surface area (Å²) in [5.41, 5.74) is 2.89. The van der Waals surface area contributed by atoms with Crippen molar-refractivity contribution in [2.75, 3.05) is 26.2 Å². The number of likely N-dealkylation sites (tertiary alicyclic amines) is 2. The first-order chi connectivity index (χ1) is 21.5. The molecular formula is C33H31Cl2F6N3O2. The molecule has 13 heteroatoms. The van der Waals surface area contributed by atoms with E-state index < -0.39 is 52.2 Å². The molecule has 3 aromatic rings. The number of primary amides is 1. The summed E-state index contributed by atoms with van der Waals surface area (Å²) in [6.45, 7) is 3.15. The molecule has 2 amide bonds. The second-order valence-electron chi connectivity index (χ2n) is 12.0. The van der Waals surface area contributed by atoms with Crippen molar-refractivity contribution < 1.29 is 35.9 Å². The fourth-order valence-corrected chi connectivity index (χ4v) is 7.21. The van der Waals surface area contributed by atoms with Crippen molar-refractivity contribution in [1.82, 2.24) is 9.80 Å². The van der Waals surface area contributed by atoms with Crippen LogP contribution < -0.4 is 5.73 Å². The molecule has 0 aliphatic carbocycles. The van der Waals surface area contributed by atoms with Crippen LogP contribution in [0.2, 0.25) is 10.0 Å². The van der Waals surface area contributed by atoms with E-state index in [-0.39, 0.29) is 31.1 Å². The van der Waals surface area contributed by atoms with Crippen LogP contribution in [0.1, 0.15) is 58.3 Å². The topological polar surface area (TPSA) is 66.6 Å². The first kappa shape index (κ1) is 34.1. The maximum absolute atomic E-state index is 13.4. The number of nitrogens with two attached hydrogens (primary N) is 1. The molecule has 246 valence electrons. The van der Waals surface area contributed by atoms with Crippen molar-refractivity contribution in [2.45, 2.75) is 49.5 Å². The molecule has 0 bridgehead atoms. The summed E-state index contributed by atoms with van der Waals surface area (Å²) >= 11 is 12.6. The molecule has 4 atom stereocenters. The Balaban J connectivity index is 1.40. The Morgan fingerprint density at radius 1 is 0.870 bits per heavy atom. The van der Waals surface area contributed by atoms with Crippen LogP contribution in [0, 0.1) is 5.92 Å². The molecule has 2 aliphatic heterocycles. The molecule has 2 aliphatic rings. The van der Waals surface area contributed by atoms with Gasteiger partial charge in [-0.2, -0.15) is 26.3 Å². The minimum atomic E-state index is -5.06. The molecule has 0 aromatic heterocycles. The zero-order valence-electron chi connectivity index (χ0n) is 24.6. The smallest absolute Gasteiger partial charge is 0.369 e. The lowest BCUT2D eigenvalue weighted by molar-refractivity contribution is -0.143. The standard InChI is InChI=1S/C33H31Cl2F6N3O2/c1-19(21-9-11-44(17-21)29(45)22-13-24(32(36,37)38)16-25(14-22)33(39,40)41)43-12-10-31(30(42)46,23-5-3-2-4-6-23)26(18-43)20-7-8-27(34)28(35)15-20/h2-8,13-16,19,21,26H,9-12,17-18H2,1H3,(H2,42,46). The van der Waals surface area contributed by atoms with Crippen LogP contribution >= 0.6 is 23.2 Å². The minimum Gasteiger partial charge on any atom is -0.369 e. The molecule has 46 heavy (non-hydrogen) atoms. The lowest BCUT2D eigenvalue weighted by Crippen LogP contribution is -2.57. The zero-order valence-corrected chi connectivity index (χ0v) is 26.1. The van der Waals surface area contributed by atoms with E-state index in [0.717, 1.165) is 11.1 Å². The number of carbonyl (C=O) groups excluding carboxylic acids is 2. The largest absolute Gasteiger partial charge is 0.416 e. The van der Waals surface area contributed by atoms with E-state index in [1.165, 1.54) is 4.90 Å². The van der Waals surface area contributed by atoms with Crippen LogP contribution in [-0.4, -0.2) is 53.8 Å². The quantitative estimate of drug-likeness (QED) is 0.270. The van der Waals surface area contributed by atoms with Gasteiger partial charge in [0.25, 0.3) is 5.91 Å². The van der Waals surface area contributed by atoms with Gasteiger partial charge in [-0.15, -0.1) is 0 Å². The number of amides is 2. The predicted molar refractivity (Wildman–Crippen MR) is 163 cm³/mol. The van der Waals surface area contributed by atoms with Gasteiger partial charge in [0.15, 0.2) is 0 Å². The highest BCUT2D eigenvalue weighted by Gasteiger charge is 2.51. The molecule has 0 spiro atoms. The summed E-state index contributed by atoms with van der Waals surface area (Å²) < 4.78 is 80.5. The Hall–Kier alpha value is -3.28. The molecule has 2 fully saturated rings. The van der Waals surface area contributed by atoms with E-state index in [0.29, 0.717) is 48.1 Å². The van der Waals surface area contributed by atoms with Gasteiger partial charge in [-0.05, 0) is 73.7 Å². The summed E-state index contributed by atoms with van der Waals surface area (Å²) in [6.07, 6.45) is -9.25. The van der Waals surface area contributed by atoms with E-state index in [1.54, 1.807) is 12.1 Å². The number of carbonyl (C=O) groups is 2. The predicted octanol–water partition coefficient (Wildman–Crippen LogP) is 7.79. The second kappa shape index (κ2) is 12.7. The fraction of sp³-hybridized carbons (Fsp3) is 0.394. The Morgan fingerprint density at radius 2 is 1.50 bits per heavy atom. The molecule has 0 saturated carbocycles. The van der Waals surface area contributed by atoms with Gasteiger partial charge in [-0.3, -0.25) is 14.5 Å². The summed E-state index contributed by atoms with van der Waals surface area (Å²) in [5, 5.41) is 0.679. The van der Waals surface area contributed by atoms with Crippen molar-refractivity contribution in [2.24, 2.45) is 11.7 Å². The lowest BCUT2D eigenvalue weighted by atomic mass is 9.62. The Bertz CT molecular complexity index is 1580. The molecule has 2 N–H and O–H groups in total. The van der Waals surface area contributed by atoms with E-state index in [2.05, 4.69) is 4.90 Å². The first-order valence-electron chi connectivity index (χ1n) is 14.7. The highest BCUT2D eigenvalue weighted by atomic mass is 35.5. The monoisotopic (exact) mass is 685 g/mol. The number of hydrogen-bond acceptors (Lipinski definition) is 3. The summed E-state index contributed by atoms with van der Waals surface area (Å²) in [4.78, 5) is 30.1. The van der Waals surface area contributed by atoms with Crippen molar-refractivity contribution in [3.8, 4) is 0 Å². The Kier molecular flexibility index (Phi) is 9.43. The van der Waals surface area contributed by atoms with Crippen LogP contribution in [0.25, 0.3) is 0 Å². The summed E-state index contributed by atoms with van der Waals surface area (Å²) in [6, 6.07) is 15.3. The molecular weight excluding hydrogens is 655 g/mol. The van der Waals surface area contributed by atoms with Gasteiger partial charge in [0, 0.05) is 37.2 Å². The molecule has 3 aromatic carbocycles. The average molecular weight is 687 g/mol. The number of rotatable bonds is 6. The highest BCUT2D eigenvalue weighted by molar-refractivity contribution is 6.42. The van der Waals surface area contributed by atoms with Crippen molar-refractivity contribution in [1.29, 1.82) is 0 Å². The minimum absolute atomic E-state index is 0.00778. The molecule has 2 heterocycles. The normalized spacial score (nSPS) is 23.4. The van der Waals surface area contributed by atoms with Crippen LogP contribution in [-0.2, 0) is 22.6 Å². The highest BCUT2D eigenvalue weighted by Crippen LogP contribution is 2.47. The number of piperidine rings is 1. The number of halogens is 8. The molecule has 5 nitrogen and oxygen atoms in total. The van der Waals surface area contributed by atoms with Crippen LogP contribution in [0.3, 0.4) is 0 Å². The fourth-order valence-electron chi connectivity index (χ4n) is 6.91. The van der Waals surface area contributed by atoms with Gasteiger partial charge in [-0.25, -0.2) is 0 Å². The maximum Gasteiger partial charge on any atom is 0.416 e. The van der Waals surface area contributed by atoms with E-state index in [1.807, 2.05) is 43.3 Å². The van der Waals surface area contributed by atoms with E-state index in [4.69, 9.17) is 28.9 Å². The third kappa shape index (κ3) is 6.59. The number of benzene rings is 3. The van der Waals surface area contributed by atoms with Gasteiger partial charge in [0.2, 0.25) is 5.91 Å². The van der Waals surface area contributed by atoms with Gasteiger partial charge in [-0.1, -0.05) is 59.6 Å². The third-order valence-electron chi connectivity index (χ3n) is 9.48. The van der Waals surface area contributed by atoms with E-state index >= 15 is 0 Å². The summed E-state index contributed by atoms with van der Waals surface area (Å²) in [5.74, 6) is -1.94. The Labute approximate surface area is 272 Å². The van der Waals surface area contributed by atoms with Crippen molar-refractivity contribution in [3.63, 3.8) is 0 Å². The SMILES string of the molecule is CC(C1CCN(C(=O)c2cc(C(F)(F)F)cc(C(F)(F)F)c2)C1)N1CCC(C(N)=O)(c2ccccc2)C(c2ccc(Cl)c(Cl)c2)C1. The molecule has 5 rings (SSSR count). The van der Waals surface area contributed by atoms with E-state index in [9.17, 15) is 35.9 Å². The lowest BCUT2D eigenvalue weighted by Gasteiger charge is -2.49. The van der Waals surface area contributed by atoms with Crippen LogP contribution in [0.15, 0.2) is 66.7 Å². The molecule has 0 radical (unpaired) electrons. The molecule has 4 unspecified atom stereocenters. The van der Waals surface area contributed by atoms with Gasteiger partial charge in [0.1, 0.15) is 0 Å². The first-order valence-corrected chi connectivity index (χ1v) is 15.4. The maximum atomic E-state index is 13.4. The Morgan fingerprint density at radius 3 is 2.07 bits per heavy atom. The van der Waals surface area contributed by atoms with Gasteiger partial charge >= 0.3 is 12.4 Å². The van der Waals surface area contributed by atoms with Crippen molar-refractivity contribution >= 4 is 35.0 Å². The third-order valence-corrected chi connectivity index (χ3v) is 10.2. The van der Waals surface area contributed by atoms with Crippen LogP contribution in [0.4, 0.5) is 26.3 Å². The van der Waals surface area contributed by atoms with Crippen molar-refractivity contribution in [3.05, 3.63) is 105 Å². The zero-order chi connectivity index (χ0) is 33.6. The summed E-state index contributed by atoms with van der Waals surface area (Å²) in [7, 11) is 0. The number of nitrogens with zero attached hydrogens (tertiary/aromatic N) is 2.